The van der Waals surface area contributed by atoms with Gasteiger partial charge in [-0.3, -0.25) is 14.6 Å². The molecule has 0 radical (unpaired) electrons. The maximum Gasteiger partial charge on any atom is 0.322 e. The van der Waals surface area contributed by atoms with E-state index in [1.165, 1.54) is 12.1 Å². The number of nitrogens with one attached hydrogen (secondary N) is 1. The summed E-state index contributed by atoms with van der Waals surface area (Å²) in [4.78, 5) is 25.0. The van der Waals surface area contributed by atoms with E-state index in [0.29, 0.717) is 11.3 Å². The van der Waals surface area contributed by atoms with E-state index < -0.39 is 23.6 Å². The number of rotatable bonds is 7. The van der Waals surface area contributed by atoms with Crippen molar-refractivity contribution in [3.05, 3.63) is 73.7 Å². The first-order chi connectivity index (χ1) is 14.3. The zero-order chi connectivity index (χ0) is 21.8. The Balaban J connectivity index is 1.71. The largest absolute Gasteiger partial charge is 0.494 e. The molecule has 0 fully saturated rings. The lowest BCUT2D eigenvalue weighted by molar-refractivity contribution is -0.142. The van der Waals surface area contributed by atoms with Crippen molar-refractivity contribution in [3.8, 4) is 17.4 Å². The fourth-order valence-corrected chi connectivity index (χ4v) is 3.50. The molecule has 0 saturated heterocycles. The average Bonchev–Trinajstić information content (AvgIpc) is 3.04. The molecule has 1 heterocycles. The molecule has 0 spiro atoms. The monoisotopic (exact) mass is 436 g/mol. The summed E-state index contributed by atoms with van der Waals surface area (Å²) in [6, 6.07) is 7.90. The first-order valence-corrected chi connectivity index (χ1v) is 9.58. The number of ether oxygens (including phenoxy) is 2. The molecule has 0 aliphatic carbocycles. The topological polar surface area (TPSA) is 115 Å². The minimum absolute atomic E-state index is 0.0709. The van der Waals surface area contributed by atoms with Gasteiger partial charge in [-0.25, -0.2) is 4.39 Å². The van der Waals surface area contributed by atoms with E-state index in [0.717, 1.165) is 24.0 Å². The van der Waals surface area contributed by atoms with E-state index in [4.69, 9.17) is 10.5 Å². The van der Waals surface area contributed by atoms with Crippen LogP contribution in [0.15, 0.2) is 41.2 Å². The molecule has 3 rings (SSSR count). The summed E-state index contributed by atoms with van der Waals surface area (Å²) in [5, 5.41) is 9.64. The Labute approximate surface area is 173 Å². The van der Waals surface area contributed by atoms with Gasteiger partial charge < -0.3 is 20.3 Å². The third kappa shape index (κ3) is 4.84. The summed E-state index contributed by atoms with van der Waals surface area (Å²) in [5.74, 6) is -3.30. The number of hydrogen-bond donors (Lipinski definition) is 3. The SMILES string of the molecule is COC(=O)C(N)Cc1ccc(Oc2ccc(Cc3sc(=O)[nH]c3O)cc2)c(F)c1F. The molecule has 0 aliphatic rings. The summed E-state index contributed by atoms with van der Waals surface area (Å²) in [6.07, 6.45) is 0.107. The van der Waals surface area contributed by atoms with E-state index in [-0.39, 0.29) is 34.2 Å². The van der Waals surface area contributed by atoms with Crippen LogP contribution in [0.2, 0.25) is 0 Å². The number of hydrogen-bond acceptors (Lipinski definition) is 7. The predicted octanol–water partition coefficient (Wildman–Crippen LogP) is 2.85. The van der Waals surface area contributed by atoms with Crippen LogP contribution < -0.4 is 15.3 Å². The number of thiazole rings is 1. The highest BCUT2D eigenvalue weighted by atomic mass is 32.1. The van der Waals surface area contributed by atoms with E-state index in [1.54, 1.807) is 24.3 Å². The molecule has 4 N–H and O–H groups in total. The van der Waals surface area contributed by atoms with Crippen LogP contribution in [-0.2, 0) is 22.4 Å². The van der Waals surface area contributed by atoms with Crippen LogP contribution in [0.1, 0.15) is 16.0 Å². The molecule has 0 amide bonds. The Morgan fingerprint density at radius 1 is 1.20 bits per heavy atom. The van der Waals surface area contributed by atoms with Crippen LogP contribution in [0.25, 0.3) is 0 Å². The number of aromatic nitrogens is 1. The predicted molar refractivity (Wildman–Crippen MR) is 106 cm³/mol. The molecule has 1 unspecified atom stereocenters. The van der Waals surface area contributed by atoms with Crippen LogP contribution in [0.4, 0.5) is 8.78 Å². The fourth-order valence-electron chi connectivity index (χ4n) is 2.74. The second-order valence-corrected chi connectivity index (χ2v) is 7.46. The van der Waals surface area contributed by atoms with Gasteiger partial charge in [-0.15, -0.1) is 0 Å². The Hall–Kier alpha value is -3.24. The maximum atomic E-state index is 14.4. The molecule has 1 aromatic heterocycles. The summed E-state index contributed by atoms with van der Waals surface area (Å²) >= 11 is 0.907. The Morgan fingerprint density at radius 2 is 1.90 bits per heavy atom. The molecule has 3 aromatic rings. The van der Waals surface area contributed by atoms with Crippen molar-refractivity contribution in [2.24, 2.45) is 5.73 Å². The summed E-state index contributed by atoms with van der Waals surface area (Å²) in [6.45, 7) is 0. The third-order valence-corrected chi connectivity index (χ3v) is 5.16. The van der Waals surface area contributed by atoms with E-state index in [2.05, 4.69) is 9.72 Å². The fraction of sp³-hybridized carbons (Fsp3) is 0.200. The molecule has 7 nitrogen and oxygen atoms in total. The van der Waals surface area contributed by atoms with Gasteiger partial charge in [0.05, 0.1) is 12.0 Å². The van der Waals surface area contributed by atoms with Gasteiger partial charge in [0, 0.05) is 12.8 Å². The van der Waals surface area contributed by atoms with Crippen molar-refractivity contribution in [1.82, 2.24) is 4.98 Å². The second kappa shape index (κ2) is 9.06. The molecule has 0 saturated carbocycles. The molecular weight excluding hydrogens is 418 g/mol. The van der Waals surface area contributed by atoms with Gasteiger partial charge in [-0.2, -0.15) is 4.39 Å². The minimum Gasteiger partial charge on any atom is -0.494 e. The van der Waals surface area contributed by atoms with Crippen molar-refractivity contribution in [3.63, 3.8) is 0 Å². The van der Waals surface area contributed by atoms with Crippen LogP contribution in [0, 0.1) is 11.6 Å². The van der Waals surface area contributed by atoms with Crippen molar-refractivity contribution in [2.75, 3.05) is 7.11 Å². The third-order valence-electron chi connectivity index (χ3n) is 4.29. The number of esters is 1. The standard InChI is InChI=1S/C20H18F2N2O5S/c1-28-19(26)13(23)9-11-4-7-14(17(22)16(11)21)29-12-5-2-10(3-6-12)8-15-18(25)24-20(27)30-15/h2-7,13,25H,8-9,23H2,1H3,(H,24,27). The van der Waals surface area contributed by atoms with Gasteiger partial charge in [0.1, 0.15) is 11.8 Å². The van der Waals surface area contributed by atoms with Crippen molar-refractivity contribution < 1.29 is 28.2 Å². The molecular formula is C20H18F2N2O5S. The average molecular weight is 436 g/mol. The van der Waals surface area contributed by atoms with Gasteiger partial charge in [-0.05, 0) is 29.3 Å². The smallest absolute Gasteiger partial charge is 0.322 e. The first kappa shape index (κ1) is 21.5. The zero-order valence-electron chi connectivity index (χ0n) is 15.8. The van der Waals surface area contributed by atoms with E-state index in [9.17, 15) is 23.5 Å². The van der Waals surface area contributed by atoms with Gasteiger partial charge in [0.15, 0.2) is 11.6 Å². The normalized spacial score (nSPS) is 11.9. The molecule has 0 aliphatic heterocycles. The highest BCUT2D eigenvalue weighted by Crippen LogP contribution is 2.29. The lowest BCUT2D eigenvalue weighted by atomic mass is 10.1. The van der Waals surface area contributed by atoms with Gasteiger partial charge in [-0.1, -0.05) is 29.5 Å². The zero-order valence-corrected chi connectivity index (χ0v) is 16.6. The van der Waals surface area contributed by atoms with Crippen LogP contribution in [-0.4, -0.2) is 29.2 Å². The highest BCUT2D eigenvalue weighted by Gasteiger charge is 2.20. The van der Waals surface area contributed by atoms with Crippen molar-refractivity contribution >= 4 is 17.3 Å². The van der Waals surface area contributed by atoms with Gasteiger partial charge in [0.2, 0.25) is 11.7 Å². The molecule has 1 atom stereocenters. The quantitative estimate of drug-likeness (QED) is 0.491. The number of carbonyl (C=O) groups excluding carboxylic acids is 1. The van der Waals surface area contributed by atoms with E-state index in [1.807, 2.05) is 0 Å². The van der Waals surface area contributed by atoms with Crippen LogP contribution in [0.3, 0.4) is 0 Å². The Kier molecular flexibility index (Phi) is 6.48. The van der Waals surface area contributed by atoms with Gasteiger partial charge >= 0.3 is 10.8 Å². The summed E-state index contributed by atoms with van der Waals surface area (Å²) in [5.41, 5.74) is 6.30. The molecule has 158 valence electrons. The minimum atomic E-state index is -1.20. The lowest BCUT2D eigenvalue weighted by Gasteiger charge is -2.13. The van der Waals surface area contributed by atoms with Crippen LogP contribution >= 0.6 is 11.3 Å². The number of benzene rings is 2. The number of carbonyl (C=O) groups is 1. The van der Waals surface area contributed by atoms with Crippen molar-refractivity contribution in [2.45, 2.75) is 18.9 Å². The van der Waals surface area contributed by atoms with Crippen molar-refractivity contribution in [1.29, 1.82) is 0 Å². The van der Waals surface area contributed by atoms with Gasteiger partial charge in [0.25, 0.3) is 0 Å². The first-order valence-electron chi connectivity index (χ1n) is 8.76. The number of methoxy groups -OCH3 is 1. The molecule has 0 bridgehead atoms. The second-order valence-electron chi connectivity index (χ2n) is 6.39. The molecule has 2 aromatic carbocycles. The number of nitrogens with two attached hydrogens (primary N) is 1. The number of H-pyrrole nitrogens is 1. The number of aromatic amines is 1. The molecule has 10 heteroatoms. The number of aromatic hydroxyl groups is 1. The Morgan fingerprint density at radius 3 is 2.50 bits per heavy atom. The maximum absolute atomic E-state index is 14.4. The Bertz CT molecular complexity index is 1110. The molecule has 30 heavy (non-hydrogen) atoms. The summed E-state index contributed by atoms with van der Waals surface area (Å²) in [7, 11) is 1.16. The van der Waals surface area contributed by atoms with Crippen LogP contribution in [0.5, 0.6) is 17.4 Å². The van der Waals surface area contributed by atoms with E-state index >= 15 is 0 Å². The summed E-state index contributed by atoms with van der Waals surface area (Å²) < 4.78 is 38.6. The highest BCUT2D eigenvalue weighted by molar-refractivity contribution is 7.09. The lowest BCUT2D eigenvalue weighted by Crippen LogP contribution is -2.34. The number of halogens is 2.